The molecule has 0 heterocycles. The lowest BCUT2D eigenvalue weighted by Crippen LogP contribution is -2.10. The smallest absolute Gasteiger partial charge is 0.418 e. The Morgan fingerprint density at radius 1 is 1.05 bits per heavy atom. The van der Waals surface area contributed by atoms with E-state index in [9.17, 15) is 13.2 Å². The van der Waals surface area contributed by atoms with Crippen LogP contribution in [-0.4, -0.2) is 7.11 Å². The van der Waals surface area contributed by atoms with E-state index < -0.39 is 11.7 Å². The zero-order chi connectivity index (χ0) is 15.6. The summed E-state index contributed by atoms with van der Waals surface area (Å²) in [6, 6.07) is 8.76. The Kier molecular flexibility index (Phi) is 3.97. The third-order valence-electron chi connectivity index (χ3n) is 3.05. The van der Waals surface area contributed by atoms with Gasteiger partial charge in [-0.3, -0.25) is 0 Å². The van der Waals surface area contributed by atoms with Gasteiger partial charge in [0.25, 0.3) is 0 Å². The molecule has 0 aromatic heterocycles. The molecule has 3 nitrogen and oxygen atoms in total. The van der Waals surface area contributed by atoms with E-state index in [4.69, 9.17) is 10.5 Å². The zero-order valence-corrected chi connectivity index (χ0v) is 11.6. The first kappa shape index (κ1) is 15.0. The highest BCUT2D eigenvalue weighted by Crippen LogP contribution is 2.37. The molecule has 6 heteroatoms. The van der Waals surface area contributed by atoms with Gasteiger partial charge < -0.3 is 15.8 Å². The third-order valence-corrected chi connectivity index (χ3v) is 3.05. The van der Waals surface area contributed by atoms with Crippen molar-refractivity contribution < 1.29 is 17.9 Å². The number of hydrogen-bond donors (Lipinski definition) is 2. The highest BCUT2D eigenvalue weighted by molar-refractivity contribution is 5.69. The molecule has 0 aliphatic rings. The van der Waals surface area contributed by atoms with Crippen molar-refractivity contribution in [3.05, 3.63) is 47.5 Å². The predicted molar refractivity (Wildman–Crippen MR) is 76.9 cm³/mol. The molecule has 2 aromatic rings. The number of nitrogens with one attached hydrogen (secondary N) is 1. The van der Waals surface area contributed by atoms with Crippen LogP contribution in [0.2, 0.25) is 0 Å². The van der Waals surface area contributed by atoms with Gasteiger partial charge in [-0.25, -0.2) is 0 Å². The lowest BCUT2D eigenvalue weighted by Gasteiger charge is -2.17. The molecule has 112 valence electrons. The molecule has 3 N–H and O–H groups in total. The predicted octanol–water partition coefficient (Wildman–Crippen LogP) is 4.35. The van der Waals surface area contributed by atoms with E-state index in [-0.39, 0.29) is 11.4 Å². The van der Waals surface area contributed by atoms with Crippen LogP contribution in [-0.2, 0) is 6.18 Å². The maximum absolute atomic E-state index is 13.0. The number of rotatable bonds is 3. The number of nitrogen functional groups attached to an aromatic ring is 1. The molecular weight excluding hydrogens is 281 g/mol. The summed E-state index contributed by atoms with van der Waals surface area (Å²) in [6.45, 7) is 1.79. The molecule has 0 radical (unpaired) electrons. The van der Waals surface area contributed by atoms with Crippen molar-refractivity contribution >= 4 is 17.1 Å². The number of ether oxygens (including phenoxy) is 1. The van der Waals surface area contributed by atoms with Crippen LogP contribution in [0.25, 0.3) is 0 Å². The summed E-state index contributed by atoms with van der Waals surface area (Å²) in [7, 11) is 1.53. The van der Waals surface area contributed by atoms with Crippen LogP contribution in [0.15, 0.2) is 36.4 Å². The van der Waals surface area contributed by atoms with E-state index >= 15 is 0 Å². The molecule has 0 bridgehead atoms. The van der Waals surface area contributed by atoms with Crippen molar-refractivity contribution in [1.82, 2.24) is 0 Å². The molecule has 0 unspecified atom stereocenters. The van der Waals surface area contributed by atoms with Gasteiger partial charge in [0.15, 0.2) is 0 Å². The quantitative estimate of drug-likeness (QED) is 0.828. The van der Waals surface area contributed by atoms with Crippen molar-refractivity contribution in [2.24, 2.45) is 0 Å². The fourth-order valence-corrected chi connectivity index (χ4v) is 1.95. The summed E-state index contributed by atoms with van der Waals surface area (Å²) in [5, 5.41) is 2.79. The van der Waals surface area contributed by atoms with Gasteiger partial charge in [-0.1, -0.05) is 0 Å². The average molecular weight is 296 g/mol. The molecule has 0 amide bonds. The van der Waals surface area contributed by atoms with E-state index in [0.717, 1.165) is 11.6 Å². The molecule has 0 saturated heterocycles. The lowest BCUT2D eigenvalue weighted by molar-refractivity contribution is -0.136. The van der Waals surface area contributed by atoms with Crippen molar-refractivity contribution in [1.29, 1.82) is 0 Å². The molecule has 0 atom stereocenters. The maximum Gasteiger partial charge on any atom is 0.418 e. The second-order valence-corrected chi connectivity index (χ2v) is 4.61. The van der Waals surface area contributed by atoms with E-state index in [2.05, 4.69) is 5.32 Å². The number of alkyl halides is 3. The summed E-state index contributed by atoms with van der Waals surface area (Å²) < 4.78 is 44.2. The monoisotopic (exact) mass is 296 g/mol. The van der Waals surface area contributed by atoms with Gasteiger partial charge in [0.1, 0.15) is 5.75 Å². The van der Waals surface area contributed by atoms with Crippen LogP contribution in [0, 0.1) is 6.92 Å². The molecule has 0 aliphatic carbocycles. The fraction of sp³-hybridized carbons (Fsp3) is 0.200. The first-order valence-corrected chi connectivity index (χ1v) is 6.19. The number of hydrogen-bond acceptors (Lipinski definition) is 3. The number of methoxy groups -OCH3 is 1. The summed E-state index contributed by atoms with van der Waals surface area (Å²) >= 11 is 0. The Bertz CT molecular complexity index is 654. The minimum Gasteiger partial charge on any atom is -0.497 e. The SMILES string of the molecule is COc1ccc(Nc2ccc(N)cc2C(F)(F)F)c(C)c1. The molecule has 2 rings (SSSR count). The topological polar surface area (TPSA) is 47.3 Å². The van der Waals surface area contributed by atoms with Crippen LogP contribution in [0.3, 0.4) is 0 Å². The Hall–Kier alpha value is -2.37. The highest BCUT2D eigenvalue weighted by Gasteiger charge is 2.33. The van der Waals surface area contributed by atoms with Crippen LogP contribution < -0.4 is 15.8 Å². The Labute approximate surface area is 120 Å². The number of halogens is 3. The van der Waals surface area contributed by atoms with Crippen molar-refractivity contribution in [3.8, 4) is 5.75 Å². The largest absolute Gasteiger partial charge is 0.497 e. The van der Waals surface area contributed by atoms with Gasteiger partial charge in [0, 0.05) is 11.4 Å². The van der Waals surface area contributed by atoms with Gasteiger partial charge in [0.2, 0.25) is 0 Å². The van der Waals surface area contributed by atoms with Crippen molar-refractivity contribution in [3.63, 3.8) is 0 Å². The first-order chi connectivity index (χ1) is 9.81. The Morgan fingerprint density at radius 2 is 1.71 bits per heavy atom. The summed E-state index contributed by atoms with van der Waals surface area (Å²) in [5.41, 5.74) is 6.03. The normalized spacial score (nSPS) is 11.3. The minimum atomic E-state index is -4.47. The molecule has 0 fully saturated rings. The first-order valence-electron chi connectivity index (χ1n) is 6.19. The van der Waals surface area contributed by atoms with E-state index in [0.29, 0.717) is 11.4 Å². The second kappa shape index (κ2) is 5.55. The minimum absolute atomic E-state index is 0.0371. The summed E-state index contributed by atoms with van der Waals surface area (Å²) in [4.78, 5) is 0. The van der Waals surface area contributed by atoms with Gasteiger partial charge >= 0.3 is 6.18 Å². The van der Waals surface area contributed by atoms with Gasteiger partial charge in [-0.05, 0) is 48.9 Å². The zero-order valence-electron chi connectivity index (χ0n) is 11.6. The molecule has 0 aliphatic heterocycles. The second-order valence-electron chi connectivity index (χ2n) is 4.61. The number of nitrogens with two attached hydrogens (primary N) is 1. The van der Waals surface area contributed by atoms with E-state index in [1.807, 2.05) is 0 Å². The Balaban J connectivity index is 2.40. The summed E-state index contributed by atoms with van der Waals surface area (Å²) in [5.74, 6) is 0.645. The Morgan fingerprint density at radius 3 is 2.29 bits per heavy atom. The average Bonchev–Trinajstić information content (AvgIpc) is 2.41. The molecule has 0 spiro atoms. The standard InChI is InChI=1S/C15H15F3N2O/c1-9-7-11(21-2)4-6-13(9)20-14-5-3-10(19)8-12(14)15(16,17)18/h3-8,20H,19H2,1-2H3. The molecule has 0 saturated carbocycles. The maximum atomic E-state index is 13.0. The highest BCUT2D eigenvalue weighted by atomic mass is 19.4. The van der Waals surface area contributed by atoms with Crippen molar-refractivity contribution in [2.45, 2.75) is 13.1 Å². The van der Waals surface area contributed by atoms with E-state index in [1.54, 1.807) is 25.1 Å². The molecular formula is C15H15F3N2O. The van der Waals surface area contributed by atoms with Gasteiger partial charge in [-0.15, -0.1) is 0 Å². The van der Waals surface area contributed by atoms with Gasteiger partial charge in [-0.2, -0.15) is 13.2 Å². The number of benzene rings is 2. The number of anilines is 3. The summed E-state index contributed by atoms with van der Waals surface area (Å²) in [6.07, 6.45) is -4.47. The number of aryl methyl sites for hydroxylation is 1. The van der Waals surface area contributed by atoms with Gasteiger partial charge in [0.05, 0.1) is 18.4 Å². The fourth-order valence-electron chi connectivity index (χ4n) is 1.95. The van der Waals surface area contributed by atoms with Crippen LogP contribution >= 0.6 is 0 Å². The van der Waals surface area contributed by atoms with Crippen LogP contribution in [0.4, 0.5) is 30.2 Å². The lowest BCUT2D eigenvalue weighted by atomic mass is 10.1. The van der Waals surface area contributed by atoms with Crippen LogP contribution in [0.1, 0.15) is 11.1 Å². The van der Waals surface area contributed by atoms with Crippen LogP contribution in [0.5, 0.6) is 5.75 Å². The third kappa shape index (κ3) is 3.39. The van der Waals surface area contributed by atoms with E-state index in [1.165, 1.54) is 19.2 Å². The van der Waals surface area contributed by atoms with Crippen molar-refractivity contribution in [2.75, 3.05) is 18.2 Å². The molecule has 21 heavy (non-hydrogen) atoms. The molecule has 2 aromatic carbocycles.